The smallest absolute Gasteiger partial charge is 0.441 e. The summed E-state index contributed by atoms with van der Waals surface area (Å²) in [6, 6.07) is -0.691. The molecule has 5 nitrogen and oxygen atoms in total. The number of thioether (sulfide) groups is 1. The number of halogens is 3. The third-order valence-electron chi connectivity index (χ3n) is 1.70. The number of urea groups is 1. The Morgan fingerprint density at radius 2 is 1.83 bits per heavy atom. The van der Waals surface area contributed by atoms with Crippen molar-refractivity contribution in [1.82, 2.24) is 10.6 Å². The zero-order valence-corrected chi connectivity index (χ0v) is 10.7. The lowest BCUT2D eigenvalue weighted by atomic mass is 10.0. The lowest BCUT2D eigenvalue weighted by Crippen LogP contribution is -2.49. The van der Waals surface area contributed by atoms with E-state index in [9.17, 15) is 22.8 Å². The van der Waals surface area contributed by atoms with Crippen LogP contribution in [0.25, 0.3) is 0 Å². The van der Waals surface area contributed by atoms with Gasteiger partial charge in [-0.05, 0) is 25.6 Å². The minimum atomic E-state index is -4.32. The Bertz CT molecular complexity index is 308. The first-order valence-electron chi connectivity index (χ1n) is 5.00. The molecular weight excluding hydrogens is 273 g/mol. The zero-order chi connectivity index (χ0) is 14.4. The standard InChI is InChI=1S/C9H15F3N2O3S/c1-8(2,5-6(15)16)14-7(17)13-3-4-18-9(10,11)12/h3-5H2,1-2H3,(H,15,16)(H2,13,14,17). The molecule has 9 heteroatoms. The quantitative estimate of drug-likeness (QED) is 0.651. The number of carboxylic acids is 1. The summed E-state index contributed by atoms with van der Waals surface area (Å²) in [7, 11) is 0. The largest absolute Gasteiger partial charge is 0.481 e. The minimum Gasteiger partial charge on any atom is -0.481 e. The number of aliphatic carboxylic acids is 1. The Balaban J connectivity index is 3.87. The number of carbonyl (C=O) groups is 2. The highest BCUT2D eigenvalue weighted by atomic mass is 32.2. The van der Waals surface area contributed by atoms with Crippen LogP contribution in [0.4, 0.5) is 18.0 Å². The van der Waals surface area contributed by atoms with Gasteiger partial charge in [0.25, 0.3) is 0 Å². The van der Waals surface area contributed by atoms with Gasteiger partial charge >= 0.3 is 17.5 Å². The molecule has 0 heterocycles. The Hall–Kier alpha value is -1.12. The van der Waals surface area contributed by atoms with Crippen LogP contribution in [-0.2, 0) is 4.79 Å². The first kappa shape index (κ1) is 16.9. The molecule has 0 saturated carbocycles. The lowest BCUT2D eigenvalue weighted by molar-refractivity contribution is -0.138. The third kappa shape index (κ3) is 10.1. The van der Waals surface area contributed by atoms with E-state index < -0.39 is 23.0 Å². The topological polar surface area (TPSA) is 78.4 Å². The van der Waals surface area contributed by atoms with Gasteiger partial charge in [-0.2, -0.15) is 13.2 Å². The van der Waals surface area contributed by atoms with Gasteiger partial charge in [0, 0.05) is 17.8 Å². The van der Waals surface area contributed by atoms with Gasteiger partial charge in [0.15, 0.2) is 0 Å². The van der Waals surface area contributed by atoms with Gasteiger partial charge in [0.2, 0.25) is 0 Å². The Labute approximate surface area is 106 Å². The molecule has 0 aliphatic heterocycles. The maximum atomic E-state index is 11.8. The van der Waals surface area contributed by atoms with E-state index in [0.717, 1.165) is 0 Å². The summed E-state index contributed by atoms with van der Waals surface area (Å²) in [5.74, 6) is -1.37. The molecule has 0 fully saturated rings. The van der Waals surface area contributed by atoms with Crippen molar-refractivity contribution in [3.8, 4) is 0 Å². The third-order valence-corrected chi connectivity index (χ3v) is 2.43. The second-order valence-electron chi connectivity index (χ2n) is 4.13. The molecule has 0 aromatic carbocycles. The molecule has 0 aliphatic carbocycles. The number of hydrogen-bond donors (Lipinski definition) is 3. The van der Waals surface area contributed by atoms with Gasteiger partial charge in [-0.25, -0.2) is 4.79 Å². The van der Waals surface area contributed by atoms with E-state index in [4.69, 9.17) is 5.11 Å². The number of hydrogen-bond acceptors (Lipinski definition) is 3. The van der Waals surface area contributed by atoms with Gasteiger partial charge < -0.3 is 15.7 Å². The van der Waals surface area contributed by atoms with Crippen LogP contribution in [-0.4, -0.2) is 40.5 Å². The number of alkyl halides is 3. The average Bonchev–Trinajstić information content (AvgIpc) is 2.07. The van der Waals surface area contributed by atoms with E-state index in [0.29, 0.717) is 0 Å². The molecule has 0 spiro atoms. The van der Waals surface area contributed by atoms with Gasteiger partial charge in [-0.15, -0.1) is 0 Å². The Kier molecular flexibility index (Phi) is 6.30. The molecule has 0 saturated heterocycles. The molecule has 0 unspecified atom stereocenters. The highest BCUT2D eigenvalue weighted by molar-refractivity contribution is 8.00. The van der Waals surface area contributed by atoms with E-state index in [2.05, 4.69) is 10.6 Å². The van der Waals surface area contributed by atoms with Crippen LogP contribution in [0, 0.1) is 0 Å². The van der Waals surface area contributed by atoms with E-state index in [1.54, 1.807) is 0 Å². The average molecular weight is 288 g/mol. The number of amides is 2. The van der Waals surface area contributed by atoms with E-state index in [-0.39, 0.29) is 30.5 Å². The lowest BCUT2D eigenvalue weighted by Gasteiger charge is -2.24. The van der Waals surface area contributed by atoms with Crippen LogP contribution < -0.4 is 10.6 Å². The molecule has 0 aromatic heterocycles. The monoisotopic (exact) mass is 288 g/mol. The summed E-state index contributed by atoms with van der Waals surface area (Å²) in [6.07, 6.45) is -0.280. The van der Waals surface area contributed by atoms with Crippen LogP contribution in [0.2, 0.25) is 0 Å². The van der Waals surface area contributed by atoms with Crippen LogP contribution >= 0.6 is 11.8 Å². The van der Waals surface area contributed by atoms with Gasteiger partial charge in [0.05, 0.1) is 6.42 Å². The van der Waals surface area contributed by atoms with Crippen molar-refractivity contribution in [2.75, 3.05) is 12.3 Å². The van der Waals surface area contributed by atoms with Crippen LogP contribution in [0.3, 0.4) is 0 Å². The first-order valence-corrected chi connectivity index (χ1v) is 5.99. The maximum Gasteiger partial charge on any atom is 0.441 e. The molecule has 0 rings (SSSR count). The van der Waals surface area contributed by atoms with Crippen molar-refractivity contribution in [1.29, 1.82) is 0 Å². The van der Waals surface area contributed by atoms with Crippen LogP contribution in [0.1, 0.15) is 20.3 Å². The molecule has 3 N–H and O–H groups in total. The molecule has 0 atom stereocenters. The van der Waals surface area contributed by atoms with Crippen molar-refractivity contribution >= 4 is 23.8 Å². The van der Waals surface area contributed by atoms with Crippen LogP contribution in [0.5, 0.6) is 0 Å². The molecule has 2 amide bonds. The molecular formula is C9H15F3N2O3S. The zero-order valence-electron chi connectivity index (χ0n) is 9.93. The summed E-state index contributed by atoms with van der Waals surface area (Å²) in [6.45, 7) is 2.86. The van der Waals surface area contributed by atoms with E-state index in [1.807, 2.05) is 0 Å². The number of carbonyl (C=O) groups excluding carboxylic acids is 1. The van der Waals surface area contributed by atoms with Gasteiger partial charge in [0.1, 0.15) is 0 Å². The Morgan fingerprint density at radius 1 is 1.28 bits per heavy atom. The van der Waals surface area contributed by atoms with Crippen molar-refractivity contribution in [2.24, 2.45) is 0 Å². The normalized spacial score (nSPS) is 12.1. The van der Waals surface area contributed by atoms with Crippen molar-refractivity contribution in [3.05, 3.63) is 0 Å². The fourth-order valence-electron chi connectivity index (χ4n) is 1.11. The van der Waals surface area contributed by atoms with Crippen molar-refractivity contribution in [2.45, 2.75) is 31.3 Å². The SMILES string of the molecule is CC(C)(CC(=O)O)NC(=O)NCCSC(F)(F)F. The number of nitrogens with one attached hydrogen (secondary N) is 2. The fraction of sp³-hybridized carbons (Fsp3) is 0.778. The maximum absolute atomic E-state index is 11.8. The highest BCUT2D eigenvalue weighted by Crippen LogP contribution is 2.29. The number of carboxylic acid groups (broad SMARTS) is 1. The second-order valence-corrected chi connectivity index (χ2v) is 5.29. The summed E-state index contributed by atoms with van der Waals surface area (Å²) < 4.78 is 35.3. The second kappa shape index (κ2) is 6.72. The molecule has 0 radical (unpaired) electrons. The molecule has 0 aromatic rings. The Morgan fingerprint density at radius 3 is 2.28 bits per heavy atom. The summed E-state index contributed by atoms with van der Waals surface area (Å²) in [5, 5.41) is 13.2. The van der Waals surface area contributed by atoms with Crippen molar-refractivity contribution in [3.63, 3.8) is 0 Å². The summed E-state index contributed by atoms with van der Waals surface area (Å²) in [5.41, 5.74) is -5.28. The van der Waals surface area contributed by atoms with Gasteiger partial charge in [-0.3, -0.25) is 4.79 Å². The number of rotatable bonds is 6. The van der Waals surface area contributed by atoms with E-state index in [1.165, 1.54) is 13.8 Å². The highest BCUT2D eigenvalue weighted by Gasteiger charge is 2.28. The first-order chi connectivity index (χ1) is 8.02. The molecule has 0 aliphatic rings. The molecule has 0 bridgehead atoms. The molecule has 18 heavy (non-hydrogen) atoms. The van der Waals surface area contributed by atoms with Gasteiger partial charge in [-0.1, -0.05) is 0 Å². The molecule has 106 valence electrons. The summed E-state index contributed by atoms with van der Waals surface area (Å²) in [4.78, 5) is 21.7. The predicted octanol–water partition coefficient (Wildman–Crippen LogP) is 1.79. The predicted molar refractivity (Wildman–Crippen MR) is 61.4 cm³/mol. The fourth-order valence-corrected chi connectivity index (χ4v) is 1.54. The minimum absolute atomic E-state index is 0.154. The van der Waals surface area contributed by atoms with Crippen molar-refractivity contribution < 1.29 is 27.9 Å². The van der Waals surface area contributed by atoms with Crippen LogP contribution in [0.15, 0.2) is 0 Å². The summed E-state index contributed by atoms with van der Waals surface area (Å²) >= 11 is -0.232. The van der Waals surface area contributed by atoms with E-state index >= 15 is 0 Å².